The molecule has 0 fully saturated rings. The molecule has 0 aliphatic carbocycles. The van der Waals surface area contributed by atoms with Gasteiger partial charge < -0.3 is 20.5 Å². The quantitative estimate of drug-likeness (QED) is 0.844. The van der Waals surface area contributed by atoms with Crippen LogP contribution < -0.4 is 15.8 Å². The van der Waals surface area contributed by atoms with E-state index in [0.717, 1.165) is 0 Å². The molecule has 108 valence electrons. The van der Waals surface area contributed by atoms with Gasteiger partial charge >= 0.3 is 0 Å². The summed E-state index contributed by atoms with van der Waals surface area (Å²) < 4.78 is 10.1. The second-order valence-corrected chi connectivity index (χ2v) is 4.04. The number of benzene rings is 1. The summed E-state index contributed by atoms with van der Waals surface area (Å²) in [5, 5.41) is 3.09. The molecule has 1 atom stereocenters. The Balaban J connectivity index is 0.00000324. The second kappa shape index (κ2) is 8.98. The van der Waals surface area contributed by atoms with E-state index in [9.17, 15) is 4.79 Å². The summed E-state index contributed by atoms with van der Waals surface area (Å²) in [6.07, 6.45) is 0. The maximum absolute atomic E-state index is 11.6. The van der Waals surface area contributed by atoms with Gasteiger partial charge in [-0.1, -0.05) is 11.6 Å². The van der Waals surface area contributed by atoms with Gasteiger partial charge in [0, 0.05) is 12.8 Å². The van der Waals surface area contributed by atoms with Crippen LogP contribution in [0.4, 0.5) is 5.69 Å². The van der Waals surface area contributed by atoms with E-state index in [1.54, 1.807) is 18.2 Å². The Kier molecular flexibility index (Phi) is 8.51. The molecule has 0 heterocycles. The summed E-state index contributed by atoms with van der Waals surface area (Å²) >= 11 is 6.00. The third-order valence-electron chi connectivity index (χ3n) is 2.18. The number of nitrogens with two attached hydrogens (primary N) is 1. The van der Waals surface area contributed by atoms with Gasteiger partial charge in [-0.25, -0.2) is 0 Å². The van der Waals surface area contributed by atoms with Crippen molar-refractivity contribution in [3.8, 4) is 5.75 Å². The molecule has 7 heteroatoms. The van der Waals surface area contributed by atoms with Crippen LogP contribution in [0.3, 0.4) is 0 Å². The van der Waals surface area contributed by atoms with Crippen molar-refractivity contribution in [1.29, 1.82) is 0 Å². The number of carbonyl (C=O) groups excluding carboxylic acids is 1. The van der Waals surface area contributed by atoms with Crippen LogP contribution in [0.1, 0.15) is 6.92 Å². The summed E-state index contributed by atoms with van der Waals surface area (Å²) in [5.74, 6) is 0.260. The van der Waals surface area contributed by atoms with Crippen molar-refractivity contribution >= 4 is 35.6 Å². The van der Waals surface area contributed by atoms with Gasteiger partial charge in [0.25, 0.3) is 0 Å². The van der Waals surface area contributed by atoms with Crippen LogP contribution in [-0.2, 0) is 9.53 Å². The third kappa shape index (κ3) is 5.65. The Labute approximate surface area is 123 Å². The molecule has 19 heavy (non-hydrogen) atoms. The van der Waals surface area contributed by atoms with Gasteiger partial charge in [0.2, 0.25) is 5.91 Å². The van der Waals surface area contributed by atoms with Gasteiger partial charge in [0.15, 0.2) is 0 Å². The summed E-state index contributed by atoms with van der Waals surface area (Å²) in [6.45, 7) is 2.57. The standard InChI is InChI=1S/C12H17ClN2O3.ClH/c1-3-18-11-5-4-8(6-9(11)13)15-12(16)10(14)7-17-2;/h4-6,10H,3,7,14H2,1-2H3,(H,15,16);1H. The fraction of sp³-hybridized carbons (Fsp3) is 0.417. The third-order valence-corrected chi connectivity index (χ3v) is 2.48. The average Bonchev–Trinajstić information content (AvgIpc) is 2.33. The van der Waals surface area contributed by atoms with E-state index in [1.165, 1.54) is 7.11 Å². The van der Waals surface area contributed by atoms with Gasteiger partial charge in [-0.15, -0.1) is 12.4 Å². The maximum atomic E-state index is 11.6. The summed E-state index contributed by atoms with van der Waals surface area (Å²) in [5.41, 5.74) is 6.17. The molecular formula is C12H18Cl2N2O3. The number of rotatable bonds is 6. The van der Waals surface area contributed by atoms with E-state index < -0.39 is 6.04 Å². The molecule has 0 saturated carbocycles. The lowest BCUT2D eigenvalue weighted by Gasteiger charge is -2.12. The smallest absolute Gasteiger partial charge is 0.243 e. The van der Waals surface area contributed by atoms with E-state index in [2.05, 4.69) is 5.32 Å². The monoisotopic (exact) mass is 308 g/mol. The predicted molar refractivity (Wildman–Crippen MR) is 78.4 cm³/mol. The first-order valence-corrected chi connectivity index (χ1v) is 5.94. The molecule has 1 aromatic carbocycles. The summed E-state index contributed by atoms with van der Waals surface area (Å²) in [6, 6.07) is 4.31. The maximum Gasteiger partial charge on any atom is 0.243 e. The molecule has 0 bridgehead atoms. The molecule has 1 amide bonds. The van der Waals surface area contributed by atoms with Crippen LogP contribution in [0.5, 0.6) is 5.75 Å². The van der Waals surface area contributed by atoms with Crippen LogP contribution in [0.15, 0.2) is 18.2 Å². The number of hydrogen-bond acceptors (Lipinski definition) is 4. The van der Waals surface area contributed by atoms with Crippen molar-refractivity contribution in [2.24, 2.45) is 5.73 Å². The number of amides is 1. The number of nitrogens with one attached hydrogen (secondary N) is 1. The van der Waals surface area contributed by atoms with Crippen LogP contribution in [0.2, 0.25) is 5.02 Å². The van der Waals surface area contributed by atoms with Gasteiger partial charge in [-0.2, -0.15) is 0 Å². The Morgan fingerprint density at radius 1 is 1.53 bits per heavy atom. The SMILES string of the molecule is CCOc1ccc(NC(=O)C(N)COC)cc1Cl.Cl. The fourth-order valence-corrected chi connectivity index (χ4v) is 1.58. The Morgan fingerprint density at radius 3 is 2.74 bits per heavy atom. The molecule has 5 nitrogen and oxygen atoms in total. The van der Waals surface area contributed by atoms with E-state index >= 15 is 0 Å². The highest BCUT2D eigenvalue weighted by Crippen LogP contribution is 2.27. The molecule has 0 radical (unpaired) electrons. The first kappa shape index (κ1) is 18.0. The lowest BCUT2D eigenvalue weighted by atomic mass is 10.2. The zero-order valence-corrected chi connectivity index (χ0v) is 12.4. The van der Waals surface area contributed by atoms with Crippen LogP contribution in [0.25, 0.3) is 0 Å². The van der Waals surface area contributed by atoms with E-state index in [4.69, 9.17) is 26.8 Å². The molecular weight excluding hydrogens is 291 g/mol. The number of methoxy groups -OCH3 is 1. The van der Waals surface area contributed by atoms with Gasteiger partial charge in [-0.3, -0.25) is 4.79 Å². The highest BCUT2D eigenvalue weighted by atomic mass is 35.5. The predicted octanol–water partition coefficient (Wildman–Crippen LogP) is 2.07. The van der Waals surface area contributed by atoms with Crippen molar-refractivity contribution in [2.45, 2.75) is 13.0 Å². The minimum atomic E-state index is -0.708. The number of carbonyl (C=O) groups is 1. The number of hydrogen-bond donors (Lipinski definition) is 2. The first-order valence-electron chi connectivity index (χ1n) is 5.56. The molecule has 0 spiro atoms. The summed E-state index contributed by atoms with van der Waals surface area (Å²) in [4.78, 5) is 11.6. The van der Waals surface area contributed by atoms with E-state index in [-0.39, 0.29) is 24.9 Å². The highest BCUT2D eigenvalue weighted by Gasteiger charge is 2.13. The van der Waals surface area contributed by atoms with Crippen molar-refractivity contribution in [3.05, 3.63) is 23.2 Å². The average molecular weight is 309 g/mol. The topological polar surface area (TPSA) is 73.6 Å². The summed E-state index contributed by atoms with van der Waals surface area (Å²) in [7, 11) is 1.49. The minimum absolute atomic E-state index is 0. The van der Waals surface area contributed by atoms with Crippen molar-refractivity contribution < 1.29 is 14.3 Å². The minimum Gasteiger partial charge on any atom is -0.492 e. The molecule has 0 aliphatic rings. The lowest BCUT2D eigenvalue weighted by molar-refractivity contribution is -0.118. The normalized spacial score (nSPS) is 11.4. The molecule has 1 aromatic rings. The van der Waals surface area contributed by atoms with Crippen LogP contribution >= 0.6 is 24.0 Å². The number of halogens is 2. The van der Waals surface area contributed by atoms with Gasteiger partial charge in [0.1, 0.15) is 11.8 Å². The van der Waals surface area contributed by atoms with Crippen LogP contribution in [0, 0.1) is 0 Å². The molecule has 1 unspecified atom stereocenters. The largest absolute Gasteiger partial charge is 0.492 e. The molecule has 1 rings (SSSR count). The van der Waals surface area contributed by atoms with Gasteiger partial charge in [-0.05, 0) is 25.1 Å². The fourth-order valence-electron chi connectivity index (χ4n) is 1.34. The van der Waals surface area contributed by atoms with Crippen LogP contribution in [-0.4, -0.2) is 32.3 Å². The van der Waals surface area contributed by atoms with Crippen molar-refractivity contribution in [3.63, 3.8) is 0 Å². The lowest BCUT2D eigenvalue weighted by Crippen LogP contribution is -2.39. The highest BCUT2D eigenvalue weighted by molar-refractivity contribution is 6.32. The Hall–Kier alpha value is -1.01. The van der Waals surface area contributed by atoms with E-state index in [0.29, 0.717) is 23.1 Å². The van der Waals surface area contributed by atoms with E-state index in [1.807, 2.05) is 6.92 Å². The molecule has 0 saturated heterocycles. The molecule has 0 aliphatic heterocycles. The van der Waals surface area contributed by atoms with Crippen molar-refractivity contribution in [2.75, 3.05) is 25.6 Å². The number of ether oxygens (including phenoxy) is 2. The Bertz CT molecular complexity index is 416. The molecule has 0 aromatic heterocycles. The second-order valence-electron chi connectivity index (χ2n) is 3.63. The first-order chi connectivity index (χ1) is 8.58. The number of anilines is 1. The van der Waals surface area contributed by atoms with Crippen molar-refractivity contribution in [1.82, 2.24) is 0 Å². The Morgan fingerprint density at radius 2 is 2.21 bits per heavy atom. The van der Waals surface area contributed by atoms with Gasteiger partial charge in [0.05, 0.1) is 18.2 Å². The molecule has 3 N–H and O–H groups in total. The zero-order chi connectivity index (χ0) is 13.5. The zero-order valence-electron chi connectivity index (χ0n) is 10.8.